The molecule has 0 N–H and O–H groups in total. The van der Waals surface area contributed by atoms with Crippen molar-refractivity contribution in [3.63, 3.8) is 0 Å². The smallest absolute Gasteiger partial charge is 0.129 e. The van der Waals surface area contributed by atoms with Gasteiger partial charge in [-0.2, -0.15) is 5.10 Å². The van der Waals surface area contributed by atoms with Gasteiger partial charge in [-0.25, -0.2) is 4.98 Å². The molecule has 0 unspecified atom stereocenters. The minimum atomic E-state index is 0.665. The van der Waals surface area contributed by atoms with Crippen LogP contribution in [0.5, 0.6) is 0 Å². The molecule has 0 fully saturated rings. The fraction of sp³-hybridized carbons (Fsp3) is 0.250. The van der Waals surface area contributed by atoms with Gasteiger partial charge in [0.2, 0.25) is 0 Å². The Labute approximate surface area is 75.0 Å². The van der Waals surface area contributed by atoms with E-state index in [1.165, 1.54) is 0 Å². The highest BCUT2D eigenvalue weighted by atomic mass is 35.5. The van der Waals surface area contributed by atoms with E-state index in [1.807, 2.05) is 26.2 Å². The van der Waals surface area contributed by atoms with Crippen LogP contribution in [0.25, 0.3) is 11.0 Å². The Hall–Kier alpha value is -1.09. The summed E-state index contributed by atoms with van der Waals surface area (Å²) in [5.74, 6) is 0. The number of nitrogens with zero attached hydrogens (tertiary/aromatic N) is 3. The topological polar surface area (TPSA) is 30.7 Å². The third kappa shape index (κ3) is 1.06. The molecular weight excluding hydrogens is 174 g/mol. The van der Waals surface area contributed by atoms with E-state index in [9.17, 15) is 0 Å². The van der Waals surface area contributed by atoms with E-state index in [2.05, 4.69) is 10.1 Å². The second-order valence-electron chi connectivity index (χ2n) is 2.78. The lowest BCUT2D eigenvalue weighted by atomic mass is 10.3. The summed E-state index contributed by atoms with van der Waals surface area (Å²) < 4.78 is 1.71. The van der Waals surface area contributed by atoms with Gasteiger partial charge in [0.15, 0.2) is 0 Å². The number of aryl methyl sites for hydroxylation is 2. The van der Waals surface area contributed by atoms with Crippen molar-refractivity contribution < 1.29 is 0 Å². The summed E-state index contributed by atoms with van der Waals surface area (Å²) in [6.07, 6.45) is 1.86. The van der Waals surface area contributed by atoms with Crippen molar-refractivity contribution >= 4 is 22.6 Å². The first-order valence-corrected chi connectivity index (χ1v) is 4.01. The molecule has 2 rings (SSSR count). The molecule has 0 spiro atoms. The van der Waals surface area contributed by atoms with Gasteiger partial charge in [-0.05, 0) is 13.0 Å². The average molecular weight is 182 g/mol. The molecule has 2 aromatic rings. The van der Waals surface area contributed by atoms with Crippen molar-refractivity contribution in [2.75, 3.05) is 0 Å². The zero-order valence-corrected chi connectivity index (χ0v) is 7.63. The van der Waals surface area contributed by atoms with Crippen molar-refractivity contribution in [2.24, 2.45) is 7.05 Å². The fourth-order valence-electron chi connectivity index (χ4n) is 1.20. The molecule has 0 aliphatic rings. The van der Waals surface area contributed by atoms with Crippen LogP contribution in [0.1, 0.15) is 5.69 Å². The van der Waals surface area contributed by atoms with E-state index in [0.717, 1.165) is 16.7 Å². The van der Waals surface area contributed by atoms with Gasteiger partial charge >= 0.3 is 0 Å². The maximum absolute atomic E-state index is 5.96. The second-order valence-corrected chi connectivity index (χ2v) is 3.19. The summed E-state index contributed by atoms with van der Waals surface area (Å²) in [5, 5.41) is 4.84. The number of pyridine rings is 1. The summed E-state index contributed by atoms with van der Waals surface area (Å²) in [7, 11) is 1.85. The van der Waals surface area contributed by atoms with Crippen LogP contribution >= 0.6 is 11.6 Å². The first-order chi connectivity index (χ1) is 5.66. The number of halogens is 1. The molecule has 4 heteroatoms. The zero-order valence-electron chi connectivity index (χ0n) is 6.87. The quantitative estimate of drug-likeness (QED) is 0.622. The molecule has 12 heavy (non-hydrogen) atoms. The fourth-order valence-corrected chi connectivity index (χ4v) is 1.49. The first kappa shape index (κ1) is 7.55. The molecule has 0 saturated carbocycles. The Morgan fingerprint density at radius 3 is 3.00 bits per heavy atom. The van der Waals surface area contributed by atoms with E-state index in [-0.39, 0.29) is 0 Å². The third-order valence-corrected chi connectivity index (χ3v) is 1.96. The molecule has 0 aromatic carbocycles. The Morgan fingerprint density at radius 2 is 2.25 bits per heavy atom. The molecule has 0 aliphatic heterocycles. The SMILES string of the molecule is Cc1cc(Cl)c2nn(C)cc2n1. The normalized spacial score (nSPS) is 10.9. The van der Waals surface area contributed by atoms with Gasteiger partial charge in [0.1, 0.15) is 11.0 Å². The summed E-state index contributed by atoms with van der Waals surface area (Å²) in [6.45, 7) is 1.92. The third-order valence-electron chi connectivity index (χ3n) is 1.67. The summed E-state index contributed by atoms with van der Waals surface area (Å²) in [6, 6.07) is 1.82. The average Bonchev–Trinajstić information content (AvgIpc) is 2.29. The Bertz CT molecular complexity index is 433. The highest BCUT2D eigenvalue weighted by Crippen LogP contribution is 2.20. The van der Waals surface area contributed by atoms with Crippen molar-refractivity contribution in [1.29, 1.82) is 0 Å². The summed E-state index contributed by atoms with van der Waals surface area (Å²) >= 11 is 5.96. The molecular formula is C8H8ClN3. The van der Waals surface area contributed by atoms with E-state index in [4.69, 9.17) is 11.6 Å². The maximum atomic E-state index is 5.96. The molecule has 3 nitrogen and oxygen atoms in total. The van der Waals surface area contributed by atoms with Crippen molar-refractivity contribution in [1.82, 2.24) is 14.8 Å². The molecule has 0 aliphatic carbocycles. The summed E-state index contributed by atoms with van der Waals surface area (Å²) in [5.41, 5.74) is 2.53. The first-order valence-electron chi connectivity index (χ1n) is 3.63. The lowest BCUT2D eigenvalue weighted by Crippen LogP contribution is -1.85. The Balaban J connectivity index is 2.88. The Morgan fingerprint density at radius 1 is 1.50 bits per heavy atom. The van der Waals surface area contributed by atoms with Gasteiger partial charge in [-0.3, -0.25) is 4.68 Å². The zero-order chi connectivity index (χ0) is 8.72. The molecule has 0 radical (unpaired) electrons. The number of hydrogen-bond donors (Lipinski definition) is 0. The summed E-state index contributed by atoms with van der Waals surface area (Å²) in [4.78, 5) is 4.29. The van der Waals surface area contributed by atoms with Crippen molar-refractivity contribution in [3.05, 3.63) is 23.0 Å². The molecule has 0 bridgehead atoms. The molecule has 2 heterocycles. The monoisotopic (exact) mass is 181 g/mol. The van der Waals surface area contributed by atoms with Gasteiger partial charge < -0.3 is 0 Å². The van der Waals surface area contributed by atoms with Crippen LogP contribution in [-0.4, -0.2) is 14.8 Å². The lowest BCUT2D eigenvalue weighted by Gasteiger charge is -1.93. The van der Waals surface area contributed by atoms with E-state index in [1.54, 1.807) is 4.68 Å². The minimum absolute atomic E-state index is 0.665. The largest absolute Gasteiger partial charge is 0.273 e. The minimum Gasteiger partial charge on any atom is -0.273 e. The van der Waals surface area contributed by atoms with Gasteiger partial charge in [0.25, 0.3) is 0 Å². The van der Waals surface area contributed by atoms with Gasteiger partial charge in [-0.1, -0.05) is 11.6 Å². The van der Waals surface area contributed by atoms with E-state index >= 15 is 0 Å². The molecule has 62 valence electrons. The number of fused-ring (bicyclic) bond motifs is 1. The second kappa shape index (κ2) is 2.45. The van der Waals surface area contributed by atoms with Crippen molar-refractivity contribution in [3.8, 4) is 0 Å². The van der Waals surface area contributed by atoms with Crippen LogP contribution in [0.2, 0.25) is 5.02 Å². The van der Waals surface area contributed by atoms with Crippen LogP contribution < -0.4 is 0 Å². The molecule has 0 saturated heterocycles. The van der Waals surface area contributed by atoms with E-state index < -0.39 is 0 Å². The van der Waals surface area contributed by atoms with Gasteiger partial charge in [-0.15, -0.1) is 0 Å². The van der Waals surface area contributed by atoms with Crippen molar-refractivity contribution in [2.45, 2.75) is 6.92 Å². The van der Waals surface area contributed by atoms with E-state index in [0.29, 0.717) is 5.02 Å². The maximum Gasteiger partial charge on any atom is 0.129 e. The lowest BCUT2D eigenvalue weighted by molar-refractivity contribution is 0.779. The molecule has 0 amide bonds. The molecule has 0 atom stereocenters. The number of aromatic nitrogens is 3. The molecule has 2 aromatic heterocycles. The number of rotatable bonds is 0. The Kier molecular flexibility index (Phi) is 1.54. The van der Waals surface area contributed by atoms with Crippen LogP contribution in [0.4, 0.5) is 0 Å². The standard InChI is InChI=1S/C8H8ClN3/c1-5-3-6(9)8-7(10-5)4-12(2)11-8/h3-4H,1-2H3. The van der Waals surface area contributed by atoms with Crippen LogP contribution in [0.15, 0.2) is 12.3 Å². The van der Waals surface area contributed by atoms with Crippen LogP contribution in [-0.2, 0) is 7.05 Å². The highest BCUT2D eigenvalue weighted by molar-refractivity contribution is 6.34. The highest BCUT2D eigenvalue weighted by Gasteiger charge is 2.04. The van der Waals surface area contributed by atoms with Crippen LogP contribution in [0.3, 0.4) is 0 Å². The van der Waals surface area contributed by atoms with Gasteiger partial charge in [0, 0.05) is 12.7 Å². The predicted octanol–water partition coefficient (Wildman–Crippen LogP) is 1.93. The van der Waals surface area contributed by atoms with Crippen LogP contribution in [0, 0.1) is 6.92 Å². The number of hydrogen-bond acceptors (Lipinski definition) is 2. The predicted molar refractivity (Wildman–Crippen MR) is 48.3 cm³/mol. The van der Waals surface area contributed by atoms with Gasteiger partial charge in [0.05, 0.1) is 11.2 Å².